The van der Waals surface area contributed by atoms with Crippen LogP contribution in [0.2, 0.25) is 0 Å². The number of ether oxygens (including phenoxy) is 1. The van der Waals surface area contributed by atoms with E-state index in [-0.39, 0.29) is 33.6 Å². The van der Waals surface area contributed by atoms with Crippen molar-refractivity contribution in [3.63, 3.8) is 0 Å². The Kier molecular flexibility index (Phi) is 5.44. The van der Waals surface area contributed by atoms with Gasteiger partial charge in [-0.05, 0) is 12.1 Å². The largest absolute Gasteiger partial charge is 0.508 e. The minimum atomic E-state index is -1.73. The van der Waals surface area contributed by atoms with Gasteiger partial charge in [0, 0.05) is 29.3 Å². The number of phenolic OH excluding ortho intramolecular Hbond substituents is 4. The summed E-state index contributed by atoms with van der Waals surface area (Å²) in [5.74, 6) is -2.33. The van der Waals surface area contributed by atoms with Gasteiger partial charge in [0.2, 0.25) is 0 Å². The van der Waals surface area contributed by atoms with Crippen molar-refractivity contribution in [2.75, 3.05) is 6.61 Å². The van der Waals surface area contributed by atoms with Crippen LogP contribution in [0.25, 0.3) is 22.3 Å². The van der Waals surface area contributed by atoms with Crippen molar-refractivity contribution in [3.05, 3.63) is 46.1 Å². The van der Waals surface area contributed by atoms with Gasteiger partial charge in [0.1, 0.15) is 58.7 Å². The summed E-state index contributed by atoms with van der Waals surface area (Å²) in [6.45, 7) is -0.694. The summed E-state index contributed by atoms with van der Waals surface area (Å²) in [6.07, 6.45) is -7.79. The Balaban J connectivity index is 1.86. The van der Waals surface area contributed by atoms with Crippen LogP contribution in [0.15, 0.2) is 39.5 Å². The zero-order chi connectivity index (χ0) is 23.3. The number of aliphatic hydroxyl groups is 4. The molecule has 11 nitrogen and oxygen atoms in total. The molecule has 1 fully saturated rings. The molecule has 1 aliphatic rings. The van der Waals surface area contributed by atoms with Gasteiger partial charge in [-0.2, -0.15) is 0 Å². The fourth-order valence-electron chi connectivity index (χ4n) is 3.76. The summed E-state index contributed by atoms with van der Waals surface area (Å²) in [5.41, 5.74) is -0.958. The van der Waals surface area contributed by atoms with Crippen LogP contribution in [0, 0.1) is 0 Å². The van der Waals surface area contributed by atoms with Crippen molar-refractivity contribution >= 4 is 11.0 Å². The second-order valence-electron chi connectivity index (χ2n) is 7.50. The van der Waals surface area contributed by atoms with Crippen LogP contribution in [0.5, 0.6) is 23.0 Å². The molecule has 0 spiro atoms. The zero-order valence-corrected chi connectivity index (χ0v) is 16.3. The molecule has 4 rings (SSSR count). The van der Waals surface area contributed by atoms with Gasteiger partial charge in [-0.1, -0.05) is 0 Å². The van der Waals surface area contributed by atoms with Crippen LogP contribution in [-0.4, -0.2) is 71.9 Å². The summed E-state index contributed by atoms with van der Waals surface area (Å²) in [4.78, 5) is 12.5. The highest BCUT2D eigenvalue weighted by Crippen LogP contribution is 2.43. The van der Waals surface area contributed by atoms with Gasteiger partial charge < -0.3 is 50.0 Å². The molecule has 11 heteroatoms. The molecule has 0 bridgehead atoms. The average molecular weight is 448 g/mol. The number of hydrogen-bond donors (Lipinski definition) is 8. The Morgan fingerprint density at radius 3 is 2.25 bits per heavy atom. The van der Waals surface area contributed by atoms with Crippen LogP contribution >= 0.6 is 0 Å². The molecule has 32 heavy (non-hydrogen) atoms. The lowest BCUT2D eigenvalue weighted by molar-refractivity contribution is -0.232. The van der Waals surface area contributed by atoms with Crippen LogP contribution in [0.3, 0.4) is 0 Å². The van der Waals surface area contributed by atoms with Crippen molar-refractivity contribution < 1.29 is 50.0 Å². The predicted octanol–water partition coefficient (Wildman–Crippen LogP) is -0.203. The molecule has 170 valence electrons. The summed E-state index contributed by atoms with van der Waals surface area (Å²) in [7, 11) is 0. The third kappa shape index (κ3) is 3.51. The van der Waals surface area contributed by atoms with Gasteiger partial charge >= 0.3 is 0 Å². The molecular formula is C21H20O11. The van der Waals surface area contributed by atoms with Gasteiger partial charge in [-0.15, -0.1) is 0 Å². The number of phenols is 4. The molecule has 5 atom stereocenters. The molecule has 0 radical (unpaired) electrons. The number of fused-ring (bicyclic) bond motifs is 1. The Hall–Kier alpha value is -3.35. The maximum absolute atomic E-state index is 12.5. The summed E-state index contributed by atoms with van der Waals surface area (Å²) < 4.78 is 11.0. The van der Waals surface area contributed by atoms with Gasteiger partial charge in [0.25, 0.3) is 0 Å². The second kappa shape index (κ2) is 7.97. The van der Waals surface area contributed by atoms with E-state index < -0.39 is 59.8 Å². The van der Waals surface area contributed by atoms with Crippen molar-refractivity contribution in [2.24, 2.45) is 0 Å². The standard InChI is InChI=1S/C21H20O11/c22-6-15-18(28)19(29)20(30)21(32-15)9-1-7(2-12(26)17(9)27)13-5-11(25)16-10(24)3-8(23)4-14(16)31-13/h1-5,15,18-24,26-30H,6H2/t15-,18-,19+,20-,21+/m1/s1. The highest BCUT2D eigenvalue weighted by Gasteiger charge is 2.45. The molecule has 1 aromatic heterocycles. The fourth-order valence-corrected chi connectivity index (χ4v) is 3.76. The van der Waals surface area contributed by atoms with Crippen LogP contribution in [0.4, 0.5) is 0 Å². The third-order valence-corrected chi connectivity index (χ3v) is 5.40. The second-order valence-corrected chi connectivity index (χ2v) is 7.50. The van der Waals surface area contributed by atoms with Crippen molar-refractivity contribution in [1.82, 2.24) is 0 Å². The van der Waals surface area contributed by atoms with Crippen LogP contribution < -0.4 is 5.43 Å². The molecule has 0 amide bonds. The minimum absolute atomic E-state index is 0.0501. The lowest BCUT2D eigenvalue weighted by Crippen LogP contribution is -2.55. The Bertz CT molecular complexity index is 1230. The van der Waals surface area contributed by atoms with Gasteiger partial charge in [-0.3, -0.25) is 4.79 Å². The van der Waals surface area contributed by atoms with E-state index in [1.807, 2.05) is 0 Å². The van der Waals surface area contributed by atoms with E-state index in [2.05, 4.69) is 0 Å². The molecule has 2 heterocycles. The Labute approximate surface area is 179 Å². The molecule has 2 aromatic carbocycles. The summed E-state index contributed by atoms with van der Waals surface area (Å²) >= 11 is 0. The first-order valence-corrected chi connectivity index (χ1v) is 9.49. The van der Waals surface area contributed by atoms with Crippen LogP contribution in [-0.2, 0) is 4.74 Å². The highest BCUT2D eigenvalue weighted by molar-refractivity contribution is 5.86. The lowest BCUT2D eigenvalue weighted by atomic mass is 9.89. The first-order chi connectivity index (χ1) is 15.1. The molecule has 0 unspecified atom stereocenters. The molecule has 0 aliphatic carbocycles. The van der Waals surface area contributed by atoms with Crippen molar-refractivity contribution in [2.45, 2.75) is 30.5 Å². The van der Waals surface area contributed by atoms with Gasteiger partial charge in [0.15, 0.2) is 16.9 Å². The van der Waals surface area contributed by atoms with Gasteiger partial charge in [0.05, 0.1) is 6.61 Å². The van der Waals surface area contributed by atoms with Crippen molar-refractivity contribution in [1.29, 1.82) is 0 Å². The van der Waals surface area contributed by atoms with Crippen molar-refractivity contribution in [3.8, 4) is 34.3 Å². The number of aliphatic hydroxyl groups excluding tert-OH is 4. The molecule has 0 saturated carbocycles. The van der Waals surface area contributed by atoms with E-state index in [0.29, 0.717) is 0 Å². The first-order valence-electron chi connectivity index (χ1n) is 9.49. The number of aromatic hydroxyl groups is 4. The quantitative estimate of drug-likeness (QED) is 0.247. The van der Waals surface area contributed by atoms with Crippen LogP contribution in [0.1, 0.15) is 11.7 Å². The average Bonchev–Trinajstić information content (AvgIpc) is 2.73. The number of hydrogen-bond acceptors (Lipinski definition) is 11. The van der Waals surface area contributed by atoms with E-state index in [0.717, 1.165) is 24.3 Å². The number of rotatable bonds is 3. The lowest BCUT2D eigenvalue weighted by Gasteiger charge is -2.40. The molecule has 3 aromatic rings. The normalized spacial score (nSPS) is 25.8. The van der Waals surface area contributed by atoms with E-state index in [1.165, 1.54) is 6.07 Å². The molecular weight excluding hydrogens is 428 g/mol. The van der Waals surface area contributed by atoms with Gasteiger partial charge in [-0.25, -0.2) is 0 Å². The van der Waals surface area contributed by atoms with E-state index in [9.17, 15) is 45.6 Å². The molecule has 1 saturated heterocycles. The zero-order valence-electron chi connectivity index (χ0n) is 16.3. The summed E-state index contributed by atoms with van der Waals surface area (Å²) in [5, 5.41) is 79.7. The maximum Gasteiger partial charge on any atom is 0.197 e. The van der Waals surface area contributed by atoms with E-state index in [1.54, 1.807) is 0 Å². The fraction of sp³-hybridized carbons (Fsp3) is 0.286. The van der Waals surface area contributed by atoms with E-state index >= 15 is 0 Å². The number of benzene rings is 2. The molecule has 1 aliphatic heterocycles. The third-order valence-electron chi connectivity index (χ3n) is 5.40. The van der Waals surface area contributed by atoms with E-state index in [4.69, 9.17) is 9.15 Å². The topological polar surface area (TPSA) is 201 Å². The molecule has 8 N–H and O–H groups in total. The SMILES string of the molecule is O=c1cc(-c2cc(O)c(O)c([C@@H]3O[C@H](CO)[C@@H](O)[C@H](O)[C@H]3O)c2)oc2cc(O)cc(O)c12. The Morgan fingerprint density at radius 2 is 1.56 bits per heavy atom. The smallest absolute Gasteiger partial charge is 0.197 e. The summed E-state index contributed by atoms with van der Waals surface area (Å²) in [6, 6.07) is 5.38. The Morgan fingerprint density at radius 1 is 0.844 bits per heavy atom. The monoisotopic (exact) mass is 448 g/mol. The highest BCUT2D eigenvalue weighted by atomic mass is 16.5. The maximum atomic E-state index is 12.5. The first kappa shape index (κ1) is 21.9. The minimum Gasteiger partial charge on any atom is -0.508 e. The predicted molar refractivity (Wildman–Crippen MR) is 107 cm³/mol.